The Morgan fingerprint density at radius 3 is 2.21 bits per heavy atom. The van der Waals surface area contributed by atoms with E-state index in [4.69, 9.17) is 0 Å². The lowest BCUT2D eigenvalue weighted by molar-refractivity contribution is -0.610. The van der Waals surface area contributed by atoms with Gasteiger partial charge in [-0.15, -0.1) is 0 Å². The van der Waals surface area contributed by atoms with Crippen LogP contribution >= 0.6 is 11.8 Å². The smallest absolute Gasteiger partial charge is 0.214 e. The number of aryl methyl sites for hydroxylation is 4. The fourth-order valence-electron chi connectivity index (χ4n) is 3.84. The maximum Gasteiger partial charge on any atom is 0.214 e. The average molecular weight is 500 g/mol. The van der Waals surface area contributed by atoms with Crippen LogP contribution in [0.25, 0.3) is 11.8 Å². The summed E-state index contributed by atoms with van der Waals surface area (Å²) in [6, 6.07) is 19.8. The third kappa shape index (κ3) is 3.85. The van der Waals surface area contributed by atoms with Crippen molar-refractivity contribution in [3.8, 4) is 5.69 Å². The second-order valence-corrected chi connectivity index (χ2v) is 8.37. The maximum atomic E-state index is 2.34. The van der Waals surface area contributed by atoms with Crippen LogP contribution in [0.2, 0.25) is 0 Å². The van der Waals surface area contributed by atoms with Gasteiger partial charge in [-0.3, -0.25) is 0 Å². The zero-order chi connectivity index (χ0) is 19.1. The van der Waals surface area contributed by atoms with Crippen molar-refractivity contribution in [2.75, 3.05) is 11.9 Å². The van der Waals surface area contributed by atoms with Crippen molar-refractivity contribution >= 4 is 23.5 Å². The van der Waals surface area contributed by atoms with Gasteiger partial charge >= 0.3 is 0 Å². The molecule has 3 aromatic rings. The highest BCUT2D eigenvalue weighted by molar-refractivity contribution is 8.03. The highest BCUT2D eigenvalue weighted by atomic mass is 127. The van der Waals surface area contributed by atoms with E-state index in [0.29, 0.717) is 0 Å². The van der Waals surface area contributed by atoms with Gasteiger partial charge in [-0.2, -0.15) is 4.57 Å². The van der Waals surface area contributed by atoms with Crippen molar-refractivity contribution in [2.45, 2.75) is 32.6 Å². The molecule has 2 nitrogen and oxygen atoms in total. The van der Waals surface area contributed by atoms with E-state index in [-0.39, 0.29) is 24.0 Å². The molecule has 2 heterocycles. The monoisotopic (exact) mass is 500 g/mol. The lowest BCUT2D eigenvalue weighted by atomic mass is 10.1. The summed E-state index contributed by atoms with van der Waals surface area (Å²) in [4.78, 5) is 3.59. The number of hydrogen-bond donors (Lipinski definition) is 0. The van der Waals surface area contributed by atoms with Crippen molar-refractivity contribution in [3.05, 3.63) is 87.7 Å². The topological polar surface area (TPSA) is 7.12 Å². The van der Waals surface area contributed by atoms with Crippen molar-refractivity contribution < 1.29 is 28.5 Å². The number of aromatic nitrogens is 1. The fraction of sp³-hybridized carbons (Fsp3) is 0.208. The van der Waals surface area contributed by atoms with Crippen LogP contribution in [0, 0.1) is 27.7 Å². The Balaban J connectivity index is 0.00000225. The third-order valence-electron chi connectivity index (χ3n) is 5.11. The fourth-order valence-corrected chi connectivity index (χ4v) is 4.95. The van der Waals surface area contributed by atoms with Crippen LogP contribution in [-0.4, -0.2) is 7.05 Å². The minimum atomic E-state index is 0. The van der Waals surface area contributed by atoms with Crippen molar-refractivity contribution in [1.29, 1.82) is 0 Å². The summed E-state index contributed by atoms with van der Waals surface area (Å²) in [5.41, 5.74) is 8.88. The zero-order valence-corrected chi connectivity index (χ0v) is 19.9. The zero-order valence-electron chi connectivity index (χ0n) is 17.0. The number of benzene rings is 2. The molecular weight excluding hydrogens is 475 g/mol. The molecule has 144 valence electrons. The molecule has 0 fully saturated rings. The molecule has 4 rings (SSSR count). The van der Waals surface area contributed by atoms with Crippen molar-refractivity contribution in [3.63, 3.8) is 0 Å². The number of hydrogen-bond acceptors (Lipinski definition) is 2. The van der Waals surface area contributed by atoms with Crippen LogP contribution < -0.4 is 33.4 Å². The number of rotatable bonds is 2. The SMILES string of the molecule is Cc1ccc(-[n+]2c(C)cc(/C=C3\Sc4ccccc4N3C)cc2C)c(C)c1.[I-]. The minimum Gasteiger partial charge on any atom is -1.00 e. The molecule has 1 aliphatic heterocycles. The standard InChI is InChI=1S/C24H25N2S.HI/c1-16-10-11-21(17(2)12-16)26-18(3)13-20(14-19(26)4)15-24-25(5)22-8-6-7-9-23(22)27-24;/h6-15H,1-5H3;1H/q+1;/p-1. The van der Waals surface area contributed by atoms with Crippen LogP contribution in [0.4, 0.5) is 5.69 Å². The van der Waals surface area contributed by atoms with E-state index >= 15 is 0 Å². The van der Waals surface area contributed by atoms with Crippen molar-refractivity contribution in [2.24, 2.45) is 0 Å². The highest BCUT2D eigenvalue weighted by Gasteiger charge is 2.22. The summed E-state index contributed by atoms with van der Waals surface area (Å²) < 4.78 is 2.34. The van der Waals surface area contributed by atoms with Crippen LogP contribution in [-0.2, 0) is 0 Å². The second-order valence-electron chi connectivity index (χ2n) is 7.31. The summed E-state index contributed by atoms with van der Waals surface area (Å²) in [6.45, 7) is 8.71. The Labute approximate surface area is 189 Å². The summed E-state index contributed by atoms with van der Waals surface area (Å²) in [5, 5.41) is 1.26. The van der Waals surface area contributed by atoms with Gasteiger partial charge in [0.2, 0.25) is 5.69 Å². The van der Waals surface area contributed by atoms with Gasteiger partial charge < -0.3 is 28.9 Å². The molecule has 0 bridgehead atoms. The molecular formula is C24H25IN2S. The highest BCUT2D eigenvalue weighted by Crippen LogP contribution is 2.45. The predicted octanol–water partition coefficient (Wildman–Crippen LogP) is 2.74. The van der Waals surface area contributed by atoms with Crippen LogP contribution in [0.15, 0.2) is 64.5 Å². The molecule has 0 atom stereocenters. The Morgan fingerprint density at radius 1 is 0.893 bits per heavy atom. The largest absolute Gasteiger partial charge is 1.00 e. The number of pyridine rings is 1. The van der Waals surface area contributed by atoms with Gasteiger partial charge in [0.05, 0.1) is 10.7 Å². The Hall–Kier alpha value is -1.79. The molecule has 0 radical (unpaired) electrons. The number of nitrogens with zero attached hydrogens (tertiary/aromatic N) is 2. The normalized spacial score (nSPS) is 14.2. The predicted molar refractivity (Wildman–Crippen MR) is 116 cm³/mol. The Bertz CT molecular complexity index is 1050. The first-order chi connectivity index (χ1) is 12.9. The van der Waals surface area contributed by atoms with E-state index in [1.807, 2.05) is 11.8 Å². The molecule has 0 spiro atoms. The van der Waals surface area contributed by atoms with Gasteiger partial charge in [0.25, 0.3) is 0 Å². The summed E-state index contributed by atoms with van der Waals surface area (Å²) >= 11 is 1.84. The number of thioether (sulfide) groups is 1. The first-order valence-corrected chi connectivity index (χ1v) is 10.1. The van der Waals surface area contributed by atoms with E-state index in [0.717, 1.165) is 0 Å². The van der Waals surface area contributed by atoms with Crippen molar-refractivity contribution in [1.82, 2.24) is 0 Å². The molecule has 0 N–H and O–H groups in total. The van der Waals surface area contributed by atoms with E-state index < -0.39 is 0 Å². The van der Waals surface area contributed by atoms with E-state index in [1.54, 1.807) is 0 Å². The molecule has 1 aromatic heterocycles. The molecule has 0 unspecified atom stereocenters. The van der Waals surface area contributed by atoms with Gasteiger partial charge in [-0.25, -0.2) is 0 Å². The second kappa shape index (κ2) is 8.29. The molecule has 1 aliphatic rings. The number of fused-ring (bicyclic) bond motifs is 1. The molecule has 0 saturated carbocycles. The third-order valence-corrected chi connectivity index (χ3v) is 6.28. The van der Waals surface area contributed by atoms with Gasteiger partial charge in [-0.05, 0) is 43.7 Å². The molecule has 28 heavy (non-hydrogen) atoms. The summed E-state index contributed by atoms with van der Waals surface area (Å²) in [7, 11) is 2.14. The van der Waals surface area contributed by atoms with Gasteiger partial charge in [0.15, 0.2) is 11.4 Å². The molecule has 0 amide bonds. The first-order valence-electron chi connectivity index (χ1n) is 9.27. The maximum absolute atomic E-state index is 2.34. The van der Waals surface area contributed by atoms with Crippen LogP contribution in [0.3, 0.4) is 0 Å². The van der Waals surface area contributed by atoms with E-state index in [9.17, 15) is 0 Å². The van der Waals surface area contributed by atoms with Crippen LogP contribution in [0.5, 0.6) is 0 Å². The number of anilines is 1. The van der Waals surface area contributed by atoms with Gasteiger partial charge in [0.1, 0.15) is 0 Å². The summed E-state index contributed by atoms with van der Waals surface area (Å²) in [6.07, 6.45) is 2.29. The Morgan fingerprint density at radius 2 is 1.57 bits per heavy atom. The minimum absolute atomic E-state index is 0. The number of halogens is 1. The molecule has 0 aliphatic carbocycles. The molecule has 0 saturated heterocycles. The first kappa shape index (κ1) is 20.9. The van der Waals surface area contributed by atoms with Crippen LogP contribution in [0.1, 0.15) is 28.1 Å². The molecule has 2 aromatic carbocycles. The summed E-state index contributed by atoms with van der Waals surface area (Å²) in [5.74, 6) is 0. The Kier molecular flexibility index (Phi) is 6.20. The quantitative estimate of drug-likeness (QED) is 0.395. The lowest BCUT2D eigenvalue weighted by Crippen LogP contribution is -3.00. The lowest BCUT2D eigenvalue weighted by Gasteiger charge is -2.13. The average Bonchev–Trinajstić information content (AvgIpc) is 2.92. The molecule has 4 heteroatoms. The number of para-hydroxylation sites is 1. The van der Waals surface area contributed by atoms with Gasteiger partial charge in [-0.1, -0.05) is 35.5 Å². The van der Waals surface area contributed by atoms with E-state index in [2.05, 4.69) is 105 Å². The van der Waals surface area contributed by atoms with E-state index in [1.165, 1.54) is 49.4 Å². The van der Waals surface area contributed by atoms with Gasteiger partial charge in [0, 0.05) is 49.6 Å².